The molecular weight excluding hydrogens is 150 g/mol. The molecule has 0 radical (unpaired) electrons. The Labute approximate surface area is 63.8 Å². The molecule has 0 amide bonds. The molecule has 2 atom stereocenters. The Morgan fingerprint density at radius 1 is 1.73 bits per heavy atom. The Balaban J connectivity index is 2.72. The lowest BCUT2D eigenvalue weighted by molar-refractivity contribution is -0.156. The molecule has 4 N–H and O–H groups in total. The molecule has 1 heterocycles. The van der Waals surface area contributed by atoms with Gasteiger partial charge in [0.2, 0.25) is 0 Å². The van der Waals surface area contributed by atoms with E-state index in [1.807, 2.05) is 0 Å². The van der Waals surface area contributed by atoms with Crippen LogP contribution in [0.15, 0.2) is 0 Å². The first-order chi connectivity index (χ1) is 5.07. The van der Waals surface area contributed by atoms with E-state index in [1.54, 1.807) is 0 Å². The zero-order chi connectivity index (χ0) is 8.48. The second kappa shape index (κ2) is 2.77. The number of hydrogen-bond acceptors (Lipinski definition) is 4. The maximum Gasteiger partial charge on any atom is 0.326 e. The van der Waals surface area contributed by atoms with Crippen molar-refractivity contribution in [2.75, 3.05) is 13.2 Å². The Hall–Kier alpha value is -0.650. The molecule has 64 valence electrons. The molecule has 1 aliphatic rings. The summed E-state index contributed by atoms with van der Waals surface area (Å²) in [5.41, 5.74) is 3.90. The van der Waals surface area contributed by atoms with Gasteiger partial charge in [0, 0.05) is 13.0 Å². The van der Waals surface area contributed by atoms with Crippen LogP contribution >= 0.6 is 0 Å². The summed E-state index contributed by atoms with van der Waals surface area (Å²) in [6, 6.07) is 0. The molecule has 5 heteroatoms. The van der Waals surface area contributed by atoms with Gasteiger partial charge in [-0.05, 0) is 0 Å². The van der Waals surface area contributed by atoms with Crippen LogP contribution in [-0.4, -0.2) is 41.0 Å². The summed E-state index contributed by atoms with van der Waals surface area (Å²) >= 11 is 0. The summed E-state index contributed by atoms with van der Waals surface area (Å²) in [5, 5.41) is 17.8. The van der Waals surface area contributed by atoms with Crippen LogP contribution in [0.1, 0.15) is 6.42 Å². The van der Waals surface area contributed by atoms with Crippen LogP contribution < -0.4 is 5.73 Å². The molecule has 0 aromatic carbocycles. The molecule has 0 saturated carbocycles. The summed E-state index contributed by atoms with van der Waals surface area (Å²) in [5.74, 6) is -1.17. The standard InChI is InChI=1S/C6H11NO4/c7-6(5(9)10)1-2-11-3-4(6)8/h4,8H,1-3,7H2,(H,9,10)/t4-,6-/m1/s1. The Morgan fingerprint density at radius 2 is 2.36 bits per heavy atom. The van der Waals surface area contributed by atoms with Gasteiger partial charge < -0.3 is 20.7 Å². The average molecular weight is 161 g/mol. The number of nitrogens with two attached hydrogens (primary N) is 1. The Kier molecular flexibility index (Phi) is 2.12. The van der Waals surface area contributed by atoms with Crippen molar-refractivity contribution in [1.82, 2.24) is 0 Å². The van der Waals surface area contributed by atoms with E-state index < -0.39 is 17.6 Å². The van der Waals surface area contributed by atoms with Gasteiger partial charge in [0.1, 0.15) is 11.6 Å². The molecule has 1 saturated heterocycles. The third kappa shape index (κ3) is 1.35. The smallest absolute Gasteiger partial charge is 0.326 e. The van der Waals surface area contributed by atoms with Crippen molar-refractivity contribution in [2.24, 2.45) is 5.73 Å². The fourth-order valence-corrected chi connectivity index (χ4v) is 1.00. The molecule has 0 aliphatic carbocycles. The molecule has 1 fully saturated rings. The van der Waals surface area contributed by atoms with Gasteiger partial charge in [-0.3, -0.25) is 4.79 Å². The van der Waals surface area contributed by atoms with Crippen molar-refractivity contribution in [1.29, 1.82) is 0 Å². The van der Waals surface area contributed by atoms with Gasteiger partial charge in [-0.2, -0.15) is 0 Å². The van der Waals surface area contributed by atoms with E-state index in [1.165, 1.54) is 0 Å². The first kappa shape index (κ1) is 8.45. The topological polar surface area (TPSA) is 92.8 Å². The Morgan fingerprint density at radius 3 is 2.73 bits per heavy atom. The maximum atomic E-state index is 10.5. The number of hydrogen-bond donors (Lipinski definition) is 3. The molecule has 0 aromatic heterocycles. The third-order valence-electron chi connectivity index (χ3n) is 1.93. The van der Waals surface area contributed by atoms with Crippen LogP contribution in [0.3, 0.4) is 0 Å². The third-order valence-corrected chi connectivity index (χ3v) is 1.93. The van der Waals surface area contributed by atoms with E-state index in [2.05, 4.69) is 0 Å². The minimum atomic E-state index is -1.52. The highest BCUT2D eigenvalue weighted by atomic mass is 16.5. The van der Waals surface area contributed by atoms with Crippen LogP contribution in [0.25, 0.3) is 0 Å². The predicted octanol–water partition coefficient (Wildman–Crippen LogP) is -1.45. The zero-order valence-electron chi connectivity index (χ0n) is 5.99. The SMILES string of the molecule is N[C@]1(C(=O)O)CCOC[C@H]1O. The number of aliphatic hydroxyl groups is 1. The minimum absolute atomic E-state index is 0.00278. The molecule has 0 bridgehead atoms. The van der Waals surface area contributed by atoms with Gasteiger partial charge in [0.05, 0.1) is 6.61 Å². The van der Waals surface area contributed by atoms with E-state index in [9.17, 15) is 4.79 Å². The lowest BCUT2D eigenvalue weighted by atomic mass is 9.89. The zero-order valence-corrected chi connectivity index (χ0v) is 5.99. The number of ether oxygens (including phenoxy) is 1. The minimum Gasteiger partial charge on any atom is -0.480 e. The monoisotopic (exact) mass is 161 g/mol. The lowest BCUT2D eigenvalue weighted by Gasteiger charge is -2.33. The van der Waals surface area contributed by atoms with Crippen molar-refractivity contribution < 1.29 is 19.7 Å². The number of carbonyl (C=O) groups is 1. The lowest BCUT2D eigenvalue weighted by Crippen LogP contribution is -2.61. The number of carboxylic acids is 1. The molecule has 1 rings (SSSR count). The highest BCUT2D eigenvalue weighted by Crippen LogP contribution is 2.18. The van der Waals surface area contributed by atoms with Crippen molar-refractivity contribution in [3.05, 3.63) is 0 Å². The van der Waals surface area contributed by atoms with E-state index in [4.69, 9.17) is 20.7 Å². The van der Waals surface area contributed by atoms with Crippen LogP contribution in [0.5, 0.6) is 0 Å². The van der Waals surface area contributed by atoms with Crippen molar-refractivity contribution >= 4 is 5.97 Å². The number of aliphatic hydroxyl groups excluding tert-OH is 1. The van der Waals surface area contributed by atoms with Gasteiger partial charge in [-0.25, -0.2) is 0 Å². The number of aliphatic carboxylic acids is 1. The van der Waals surface area contributed by atoms with Gasteiger partial charge in [-0.1, -0.05) is 0 Å². The van der Waals surface area contributed by atoms with Crippen LogP contribution in [0.4, 0.5) is 0 Å². The van der Waals surface area contributed by atoms with Crippen molar-refractivity contribution in [3.63, 3.8) is 0 Å². The molecule has 0 spiro atoms. The second-order valence-corrected chi connectivity index (χ2v) is 2.69. The molecule has 0 aromatic rings. The van der Waals surface area contributed by atoms with Gasteiger partial charge in [0.15, 0.2) is 0 Å². The highest BCUT2D eigenvalue weighted by Gasteiger charge is 2.43. The summed E-state index contributed by atoms with van der Waals surface area (Å²) in [7, 11) is 0. The molecule has 11 heavy (non-hydrogen) atoms. The van der Waals surface area contributed by atoms with Crippen LogP contribution in [-0.2, 0) is 9.53 Å². The molecule has 5 nitrogen and oxygen atoms in total. The van der Waals surface area contributed by atoms with Crippen LogP contribution in [0.2, 0.25) is 0 Å². The normalized spacial score (nSPS) is 38.5. The fourth-order valence-electron chi connectivity index (χ4n) is 1.00. The van der Waals surface area contributed by atoms with E-state index in [0.29, 0.717) is 6.61 Å². The number of rotatable bonds is 1. The first-order valence-electron chi connectivity index (χ1n) is 3.35. The van der Waals surface area contributed by atoms with Gasteiger partial charge >= 0.3 is 5.97 Å². The molecular formula is C6H11NO4. The summed E-state index contributed by atoms with van der Waals surface area (Å²) in [6.07, 6.45) is -0.947. The molecule has 0 unspecified atom stereocenters. The highest BCUT2D eigenvalue weighted by molar-refractivity contribution is 5.79. The van der Waals surface area contributed by atoms with E-state index in [0.717, 1.165) is 0 Å². The summed E-state index contributed by atoms with van der Waals surface area (Å²) < 4.78 is 4.83. The summed E-state index contributed by atoms with van der Waals surface area (Å²) in [6.45, 7) is 0.294. The quantitative estimate of drug-likeness (QED) is 0.437. The maximum absolute atomic E-state index is 10.5. The first-order valence-corrected chi connectivity index (χ1v) is 3.35. The Bertz CT molecular complexity index is 172. The van der Waals surface area contributed by atoms with Crippen molar-refractivity contribution in [2.45, 2.75) is 18.1 Å². The summed E-state index contributed by atoms with van der Waals surface area (Å²) in [4.78, 5) is 10.5. The molecule has 1 aliphatic heterocycles. The van der Waals surface area contributed by atoms with E-state index in [-0.39, 0.29) is 13.0 Å². The largest absolute Gasteiger partial charge is 0.480 e. The predicted molar refractivity (Wildman–Crippen MR) is 36.0 cm³/mol. The van der Waals surface area contributed by atoms with Crippen LogP contribution in [0, 0.1) is 0 Å². The van der Waals surface area contributed by atoms with Gasteiger partial charge in [-0.15, -0.1) is 0 Å². The second-order valence-electron chi connectivity index (χ2n) is 2.69. The number of carboxylic acid groups (broad SMARTS) is 1. The van der Waals surface area contributed by atoms with E-state index >= 15 is 0 Å². The average Bonchev–Trinajstić information content (AvgIpc) is 1.95. The van der Waals surface area contributed by atoms with Gasteiger partial charge in [0.25, 0.3) is 0 Å². The van der Waals surface area contributed by atoms with Crippen molar-refractivity contribution in [3.8, 4) is 0 Å². The fraction of sp³-hybridized carbons (Fsp3) is 0.833.